The van der Waals surface area contributed by atoms with E-state index in [-0.39, 0.29) is 5.54 Å². The molecule has 0 bridgehead atoms. The fourth-order valence-corrected chi connectivity index (χ4v) is 2.15. The van der Waals surface area contributed by atoms with Crippen LogP contribution in [-0.4, -0.2) is 32.3 Å². The van der Waals surface area contributed by atoms with E-state index < -0.39 is 0 Å². The first-order valence-electron chi connectivity index (χ1n) is 5.68. The average molecular weight is 219 g/mol. The van der Waals surface area contributed by atoms with Crippen molar-refractivity contribution in [2.24, 2.45) is 0 Å². The summed E-state index contributed by atoms with van der Waals surface area (Å²) in [7, 11) is 1.69. The second-order valence-electron chi connectivity index (χ2n) is 4.77. The highest BCUT2D eigenvalue weighted by molar-refractivity contribution is 5.51. The van der Waals surface area contributed by atoms with Crippen molar-refractivity contribution in [1.82, 2.24) is 5.32 Å². The Hall–Kier alpha value is -1.22. The van der Waals surface area contributed by atoms with E-state index in [1.807, 2.05) is 12.1 Å². The summed E-state index contributed by atoms with van der Waals surface area (Å²) in [5.41, 5.74) is 1.37. The summed E-state index contributed by atoms with van der Waals surface area (Å²) >= 11 is 0. The molecule has 3 heteroatoms. The lowest BCUT2D eigenvalue weighted by Gasteiger charge is -2.43. The van der Waals surface area contributed by atoms with E-state index in [0.29, 0.717) is 0 Å². The van der Waals surface area contributed by atoms with Crippen molar-refractivity contribution >= 4 is 5.69 Å². The van der Waals surface area contributed by atoms with Gasteiger partial charge in [-0.05, 0) is 38.1 Å². The molecule has 3 nitrogen and oxygen atoms in total. The predicted octanol–water partition coefficient (Wildman–Crippen LogP) is 1.90. The first-order chi connectivity index (χ1) is 7.63. The summed E-state index contributed by atoms with van der Waals surface area (Å²) in [4.78, 5) is 2.42. The van der Waals surface area contributed by atoms with Crippen LogP contribution in [0.3, 0.4) is 0 Å². The van der Waals surface area contributed by atoms with E-state index in [9.17, 15) is 0 Å². The van der Waals surface area contributed by atoms with Gasteiger partial charge in [-0.15, -0.1) is 0 Å². The van der Waals surface area contributed by atoms with Crippen molar-refractivity contribution in [3.63, 3.8) is 0 Å². The molecule has 2 rings (SSSR count). The maximum Gasteiger partial charge on any atom is 0.119 e. The zero-order chi connectivity index (χ0) is 11.6. The fraction of sp³-hybridized carbons (Fsp3) is 0.538. The van der Waals surface area contributed by atoms with Gasteiger partial charge in [-0.1, -0.05) is 0 Å². The van der Waals surface area contributed by atoms with E-state index in [4.69, 9.17) is 4.74 Å². The molecular weight excluding hydrogens is 200 g/mol. The van der Waals surface area contributed by atoms with Crippen LogP contribution >= 0.6 is 0 Å². The van der Waals surface area contributed by atoms with E-state index in [2.05, 4.69) is 36.2 Å². The number of nitrogens with zero attached hydrogens (tertiary/aromatic N) is 2. The molecule has 1 aliphatic rings. The number of hydrogen-bond donors (Lipinski definition) is 0. The molecule has 1 aromatic rings. The molecule has 1 heterocycles. The molecule has 16 heavy (non-hydrogen) atoms. The fourth-order valence-electron chi connectivity index (χ4n) is 2.15. The van der Waals surface area contributed by atoms with E-state index in [0.717, 1.165) is 25.4 Å². The lowest BCUT2D eigenvalue weighted by atomic mass is 9.99. The van der Waals surface area contributed by atoms with Crippen LogP contribution in [-0.2, 0) is 0 Å². The van der Waals surface area contributed by atoms with Gasteiger partial charge in [-0.25, -0.2) is 5.32 Å². The zero-order valence-electron chi connectivity index (χ0n) is 10.2. The van der Waals surface area contributed by atoms with E-state index in [1.165, 1.54) is 5.69 Å². The Morgan fingerprint density at radius 2 is 1.94 bits per heavy atom. The Balaban J connectivity index is 2.21. The topological polar surface area (TPSA) is 26.6 Å². The minimum Gasteiger partial charge on any atom is -0.497 e. The molecule has 0 saturated carbocycles. The molecule has 0 aromatic heterocycles. The van der Waals surface area contributed by atoms with Gasteiger partial charge >= 0.3 is 0 Å². The lowest BCUT2D eigenvalue weighted by molar-refractivity contribution is 0.375. The Morgan fingerprint density at radius 3 is 2.50 bits per heavy atom. The van der Waals surface area contributed by atoms with Crippen LogP contribution in [0, 0.1) is 0 Å². The van der Waals surface area contributed by atoms with Crippen LogP contribution in [0.25, 0.3) is 0 Å². The molecule has 87 valence electrons. The molecule has 0 amide bonds. The Kier molecular flexibility index (Phi) is 3.06. The summed E-state index contributed by atoms with van der Waals surface area (Å²) < 4.78 is 5.17. The second-order valence-corrected chi connectivity index (χ2v) is 4.77. The van der Waals surface area contributed by atoms with Crippen molar-refractivity contribution in [2.45, 2.75) is 19.4 Å². The number of rotatable bonds is 2. The summed E-state index contributed by atoms with van der Waals surface area (Å²) in [6.45, 7) is 7.30. The summed E-state index contributed by atoms with van der Waals surface area (Å²) in [6.07, 6.45) is 0. The molecule has 1 aliphatic heterocycles. The highest BCUT2D eigenvalue weighted by Crippen LogP contribution is 2.27. The largest absolute Gasteiger partial charge is 0.497 e. The Morgan fingerprint density at radius 1 is 1.25 bits per heavy atom. The third-order valence-corrected chi connectivity index (χ3v) is 3.10. The molecule has 0 unspecified atom stereocenters. The van der Waals surface area contributed by atoms with Gasteiger partial charge in [0.2, 0.25) is 0 Å². The van der Waals surface area contributed by atoms with Crippen molar-refractivity contribution in [1.29, 1.82) is 0 Å². The molecule has 0 spiro atoms. The zero-order valence-corrected chi connectivity index (χ0v) is 10.2. The highest BCUT2D eigenvalue weighted by atomic mass is 16.5. The number of ether oxygens (including phenoxy) is 1. The summed E-state index contributed by atoms with van der Waals surface area (Å²) in [5.74, 6) is 0.906. The first-order valence-corrected chi connectivity index (χ1v) is 5.68. The SMILES string of the molecule is COc1ccc(N2CC[N]CC2(C)C)cc1. The number of benzene rings is 1. The van der Waals surface area contributed by atoms with Crippen molar-refractivity contribution in [2.75, 3.05) is 31.6 Å². The number of anilines is 1. The monoisotopic (exact) mass is 219 g/mol. The second kappa shape index (κ2) is 4.34. The number of piperazine rings is 1. The van der Waals surface area contributed by atoms with Crippen LogP contribution < -0.4 is 15.0 Å². The molecule has 1 saturated heterocycles. The van der Waals surface area contributed by atoms with Gasteiger partial charge in [-0.3, -0.25) is 0 Å². The van der Waals surface area contributed by atoms with Crippen LogP contribution in [0.2, 0.25) is 0 Å². The maximum absolute atomic E-state index is 5.17. The highest BCUT2D eigenvalue weighted by Gasteiger charge is 2.30. The van der Waals surface area contributed by atoms with Crippen molar-refractivity contribution < 1.29 is 4.74 Å². The smallest absolute Gasteiger partial charge is 0.119 e. The van der Waals surface area contributed by atoms with Crippen LogP contribution in [0.1, 0.15) is 13.8 Å². The lowest BCUT2D eigenvalue weighted by Crippen LogP contribution is -2.55. The van der Waals surface area contributed by atoms with Gasteiger partial charge in [0.25, 0.3) is 0 Å². The first kappa shape index (κ1) is 11.3. The summed E-state index contributed by atoms with van der Waals surface area (Å²) in [5, 5.41) is 4.47. The van der Waals surface area contributed by atoms with Crippen molar-refractivity contribution in [3.8, 4) is 5.75 Å². The third kappa shape index (κ3) is 2.14. The Labute approximate surface area is 97.4 Å². The molecule has 1 aromatic carbocycles. The van der Waals surface area contributed by atoms with Gasteiger partial charge in [-0.2, -0.15) is 0 Å². The van der Waals surface area contributed by atoms with Gasteiger partial charge in [0.1, 0.15) is 5.75 Å². The molecule has 0 N–H and O–H groups in total. The number of hydrogen-bond acceptors (Lipinski definition) is 2. The van der Waals surface area contributed by atoms with Crippen LogP contribution in [0.15, 0.2) is 24.3 Å². The summed E-state index contributed by atoms with van der Waals surface area (Å²) in [6, 6.07) is 8.26. The Bertz CT molecular complexity index is 345. The molecular formula is C13H19N2O. The molecule has 0 atom stereocenters. The molecule has 0 aliphatic carbocycles. The number of methoxy groups -OCH3 is 1. The van der Waals surface area contributed by atoms with Gasteiger partial charge in [0.15, 0.2) is 0 Å². The van der Waals surface area contributed by atoms with Gasteiger partial charge < -0.3 is 9.64 Å². The van der Waals surface area contributed by atoms with Gasteiger partial charge in [0.05, 0.1) is 7.11 Å². The predicted molar refractivity (Wildman–Crippen MR) is 66.3 cm³/mol. The minimum absolute atomic E-state index is 0.118. The maximum atomic E-state index is 5.17. The van der Waals surface area contributed by atoms with Crippen LogP contribution in [0.5, 0.6) is 5.75 Å². The van der Waals surface area contributed by atoms with E-state index in [1.54, 1.807) is 7.11 Å². The van der Waals surface area contributed by atoms with Crippen molar-refractivity contribution in [3.05, 3.63) is 24.3 Å². The average Bonchev–Trinajstić information content (AvgIpc) is 2.29. The molecule has 1 fully saturated rings. The minimum atomic E-state index is 0.118. The standard InChI is InChI=1S/C13H19N2O/c1-13(2)10-14-8-9-15(13)11-4-6-12(16-3)7-5-11/h4-7H,8-10H2,1-3H3. The van der Waals surface area contributed by atoms with E-state index >= 15 is 0 Å². The normalized spacial score (nSPS) is 19.6. The quantitative estimate of drug-likeness (QED) is 0.759. The third-order valence-electron chi connectivity index (χ3n) is 3.10. The van der Waals surface area contributed by atoms with Gasteiger partial charge in [0, 0.05) is 30.9 Å². The van der Waals surface area contributed by atoms with Crippen LogP contribution in [0.4, 0.5) is 5.69 Å². The molecule has 1 radical (unpaired) electrons.